The van der Waals surface area contributed by atoms with Crippen molar-refractivity contribution >= 4 is 34.4 Å². The Morgan fingerprint density at radius 1 is 0.962 bits per heavy atom. The van der Waals surface area contributed by atoms with Crippen LogP contribution >= 0.6 is 0 Å². The second-order valence-electron chi connectivity index (χ2n) is 13.0. The number of hydrogen-bond acceptors (Lipinski definition) is 12. The highest BCUT2D eigenvalue weighted by Crippen LogP contribution is 2.42. The minimum Gasteiger partial charge on any atom is -0.480 e. The Morgan fingerprint density at radius 2 is 1.67 bits per heavy atom. The van der Waals surface area contributed by atoms with E-state index >= 15 is 0 Å². The molecule has 2 aromatic heterocycles. The van der Waals surface area contributed by atoms with Gasteiger partial charge in [0.05, 0.1) is 68.2 Å². The van der Waals surface area contributed by atoms with Crippen molar-refractivity contribution < 1.29 is 52.7 Å². The summed E-state index contributed by atoms with van der Waals surface area (Å²) in [6.45, 7) is 7.85. The van der Waals surface area contributed by atoms with Crippen molar-refractivity contribution in [1.82, 2.24) is 9.55 Å². The number of cyclic esters (lactones) is 1. The van der Waals surface area contributed by atoms with Crippen LogP contribution in [0.1, 0.15) is 67.9 Å². The molecule has 52 heavy (non-hydrogen) atoms. The van der Waals surface area contributed by atoms with Gasteiger partial charge in [-0.25, -0.2) is 14.6 Å². The standard InChI is InChI=1S/C38H46N2O12/c1-5-27-28-15-23(3)7-10-32(28)39-35-29(27)17-40-33(35)16-31-30(36(40)45)21-51-37(46)38(31,6-2)52-20-26(42)9-8-25(41)19-48-13-14-50-24(4)18-47-11-12-49-22-34(43)44/h7,10,15-16,24H,5-6,8-9,11-14,17-22H2,1-4H3,(H,43,44)/t24?,38-/m0/s1. The lowest BCUT2D eigenvalue weighted by molar-refractivity contribution is -0.182. The molecular formula is C38H46N2O12. The lowest BCUT2D eigenvalue weighted by Crippen LogP contribution is -2.47. The lowest BCUT2D eigenvalue weighted by atomic mass is 9.85. The average molecular weight is 723 g/mol. The maximum absolute atomic E-state index is 13.9. The molecule has 0 saturated heterocycles. The number of aromatic nitrogens is 2. The topological polar surface area (TPSA) is 179 Å². The molecule has 4 heterocycles. The molecule has 5 rings (SSSR count). The quantitative estimate of drug-likeness (QED) is 0.0978. The highest BCUT2D eigenvalue weighted by atomic mass is 16.6. The van der Waals surface area contributed by atoms with Gasteiger partial charge in [-0.15, -0.1) is 0 Å². The number of fused-ring (bicyclic) bond motifs is 5. The Bertz CT molecular complexity index is 1890. The van der Waals surface area contributed by atoms with Crippen molar-refractivity contribution in [2.45, 2.75) is 78.2 Å². The maximum Gasteiger partial charge on any atom is 0.343 e. The van der Waals surface area contributed by atoms with Gasteiger partial charge in [0.1, 0.15) is 26.4 Å². The van der Waals surface area contributed by atoms with Gasteiger partial charge in [0, 0.05) is 29.4 Å². The number of rotatable bonds is 21. The molecule has 280 valence electrons. The fourth-order valence-corrected chi connectivity index (χ4v) is 6.60. The number of carboxylic acid groups (broad SMARTS) is 1. The van der Waals surface area contributed by atoms with Crippen LogP contribution in [0.15, 0.2) is 29.1 Å². The van der Waals surface area contributed by atoms with Crippen LogP contribution in [0.4, 0.5) is 0 Å². The number of benzene rings is 1. The van der Waals surface area contributed by atoms with Crippen molar-refractivity contribution in [2.75, 3.05) is 52.9 Å². The number of ketones is 2. The van der Waals surface area contributed by atoms with Crippen molar-refractivity contribution in [3.05, 3.63) is 62.4 Å². The SMILES string of the molecule is CCc1c2c(nc3ccc(C)cc13)-c1cc3c(c(=O)n1C2)COC(=O)[C@@]3(CC)OCC(=O)CCC(=O)COCCOC(C)COCCOCC(=O)O. The van der Waals surface area contributed by atoms with E-state index in [2.05, 4.69) is 13.0 Å². The van der Waals surface area contributed by atoms with Crippen molar-refractivity contribution in [2.24, 2.45) is 0 Å². The molecular weight excluding hydrogens is 676 g/mol. The molecule has 0 spiro atoms. The predicted octanol–water partition coefficient (Wildman–Crippen LogP) is 3.43. The molecule has 1 unspecified atom stereocenters. The first-order chi connectivity index (χ1) is 25.0. The van der Waals surface area contributed by atoms with Crippen molar-refractivity contribution in [3.8, 4) is 11.4 Å². The molecule has 0 saturated carbocycles. The molecule has 0 amide bonds. The Hall–Kier alpha value is -4.34. The Kier molecular flexibility index (Phi) is 13.0. The van der Waals surface area contributed by atoms with Gasteiger partial charge in [0.15, 0.2) is 17.2 Å². The van der Waals surface area contributed by atoms with Gasteiger partial charge < -0.3 is 38.1 Å². The van der Waals surface area contributed by atoms with E-state index < -0.39 is 24.1 Å². The van der Waals surface area contributed by atoms with Crippen LogP contribution in [0.2, 0.25) is 0 Å². The lowest BCUT2D eigenvalue weighted by Gasteiger charge is -2.36. The molecule has 0 bridgehead atoms. The smallest absolute Gasteiger partial charge is 0.343 e. The summed E-state index contributed by atoms with van der Waals surface area (Å²) in [5.41, 5.74) is 4.07. The fraction of sp³-hybridized carbons (Fsp3) is 0.526. The van der Waals surface area contributed by atoms with Crippen LogP contribution in [0.3, 0.4) is 0 Å². The van der Waals surface area contributed by atoms with Crippen LogP contribution in [-0.2, 0) is 72.8 Å². The molecule has 14 heteroatoms. The second kappa shape index (κ2) is 17.5. The number of aryl methyl sites for hydroxylation is 2. The molecule has 14 nitrogen and oxygen atoms in total. The van der Waals surface area contributed by atoms with Gasteiger partial charge >= 0.3 is 11.9 Å². The third-order valence-corrected chi connectivity index (χ3v) is 9.29. The van der Waals surface area contributed by atoms with Crippen LogP contribution in [0, 0.1) is 6.92 Å². The fourth-order valence-electron chi connectivity index (χ4n) is 6.60. The van der Waals surface area contributed by atoms with Crippen LogP contribution in [0.5, 0.6) is 0 Å². The molecule has 0 fully saturated rings. The molecule has 0 aliphatic carbocycles. The maximum atomic E-state index is 13.9. The first kappa shape index (κ1) is 38.9. The van der Waals surface area contributed by atoms with Gasteiger partial charge in [-0.3, -0.25) is 14.4 Å². The van der Waals surface area contributed by atoms with Crippen LogP contribution in [-0.4, -0.2) is 97.1 Å². The van der Waals surface area contributed by atoms with Gasteiger partial charge in [0.25, 0.3) is 5.56 Å². The normalized spacial score (nSPS) is 16.7. The number of hydrogen-bond donors (Lipinski definition) is 1. The zero-order chi connectivity index (χ0) is 37.4. The third kappa shape index (κ3) is 8.64. The zero-order valence-corrected chi connectivity index (χ0v) is 30.1. The molecule has 2 aliphatic heterocycles. The second-order valence-corrected chi connectivity index (χ2v) is 13.0. The van der Waals surface area contributed by atoms with Gasteiger partial charge in [0.2, 0.25) is 0 Å². The minimum absolute atomic E-state index is 0.0675. The van der Waals surface area contributed by atoms with E-state index in [9.17, 15) is 24.0 Å². The Balaban J connectivity index is 1.15. The van der Waals surface area contributed by atoms with Crippen molar-refractivity contribution in [1.29, 1.82) is 0 Å². The summed E-state index contributed by atoms with van der Waals surface area (Å²) in [5.74, 6) is -2.38. The summed E-state index contributed by atoms with van der Waals surface area (Å²) in [6, 6.07) is 7.89. The number of Topliss-reactive ketones (excluding diaryl/α,β-unsaturated/α-hetero) is 2. The summed E-state index contributed by atoms with van der Waals surface area (Å²) in [5, 5.41) is 9.59. The van der Waals surface area contributed by atoms with E-state index in [1.807, 2.05) is 19.1 Å². The number of esters is 1. The minimum atomic E-state index is -1.67. The number of ether oxygens (including phenoxy) is 6. The largest absolute Gasteiger partial charge is 0.480 e. The highest BCUT2D eigenvalue weighted by molar-refractivity contribution is 5.90. The number of carboxylic acids is 1. The average Bonchev–Trinajstić information content (AvgIpc) is 3.49. The van der Waals surface area contributed by atoms with Gasteiger partial charge in [-0.1, -0.05) is 25.5 Å². The summed E-state index contributed by atoms with van der Waals surface area (Å²) in [4.78, 5) is 68.0. The van der Waals surface area contributed by atoms with Crippen LogP contribution < -0.4 is 5.56 Å². The summed E-state index contributed by atoms with van der Waals surface area (Å²) in [7, 11) is 0. The van der Waals surface area contributed by atoms with Crippen molar-refractivity contribution in [3.63, 3.8) is 0 Å². The Labute approximate surface area is 301 Å². The van der Waals surface area contributed by atoms with E-state index in [4.69, 9.17) is 38.5 Å². The summed E-state index contributed by atoms with van der Waals surface area (Å²) >= 11 is 0. The van der Waals surface area contributed by atoms with Crippen LogP contribution in [0.25, 0.3) is 22.3 Å². The third-order valence-electron chi connectivity index (χ3n) is 9.29. The number of carbonyl (C=O) groups excluding carboxylic acids is 3. The highest BCUT2D eigenvalue weighted by Gasteiger charge is 2.48. The zero-order valence-electron chi connectivity index (χ0n) is 30.1. The predicted molar refractivity (Wildman–Crippen MR) is 187 cm³/mol. The first-order valence-corrected chi connectivity index (χ1v) is 17.6. The van der Waals surface area contributed by atoms with Gasteiger partial charge in [-0.2, -0.15) is 0 Å². The summed E-state index contributed by atoms with van der Waals surface area (Å²) in [6.07, 6.45) is 0.452. The van der Waals surface area contributed by atoms with Gasteiger partial charge in [-0.05, 0) is 50.5 Å². The molecule has 1 aromatic carbocycles. The summed E-state index contributed by atoms with van der Waals surface area (Å²) < 4.78 is 34.4. The molecule has 0 radical (unpaired) electrons. The Morgan fingerprint density at radius 3 is 2.40 bits per heavy atom. The number of nitrogens with zero attached hydrogens (tertiary/aromatic N) is 2. The van der Waals surface area contributed by atoms with E-state index in [1.54, 1.807) is 24.5 Å². The van der Waals surface area contributed by atoms with E-state index in [0.717, 1.165) is 34.0 Å². The molecule has 1 N–H and O–H groups in total. The van der Waals surface area contributed by atoms with E-state index in [-0.39, 0.29) is 95.3 Å². The number of carbonyl (C=O) groups is 4. The number of aliphatic carboxylic acids is 1. The molecule has 2 aliphatic rings. The monoisotopic (exact) mass is 722 g/mol. The molecule has 2 atom stereocenters. The number of pyridine rings is 2. The van der Waals surface area contributed by atoms with E-state index in [1.165, 1.54) is 0 Å². The first-order valence-electron chi connectivity index (χ1n) is 17.6. The molecule has 3 aromatic rings. The van der Waals surface area contributed by atoms with E-state index in [0.29, 0.717) is 29.1 Å².